The Bertz CT molecular complexity index is 214. The van der Waals surface area contributed by atoms with Crippen molar-refractivity contribution in [2.24, 2.45) is 0 Å². The van der Waals surface area contributed by atoms with Crippen LogP contribution in [0.1, 0.15) is 17.3 Å². The first-order valence-electron chi connectivity index (χ1n) is 2.96. The predicted molar refractivity (Wildman–Crippen MR) is 40.3 cm³/mol. The van der Waals surface area contributed by atoms with E-state index in [9.17, 15) is 4.79 Å². The molecule has 0 aliphatic heterocycles. The van der Waals surface area contributed by atoms with Gasteiger partial charge in [0.2, 0.25) is 0 Å². The first kappa shape index (κ1) is 7.44. The van der Waals surface area contributed by atoms with Crippen molar-refractivity contribution >= 4 is 17.1 Å². The summed E-state index contributed by atoms with van der Waals surface area (Å²) in [6, 6.07) is 1.71. The predicted octanol–water partition coefficient (Wildman–Crippen LogP) is 1.31. The SMILES string of the molecule is CC(O)C(=O)c1ccsc1. The number of ketones is 1. The maximum atomic E-state index is 11.0. The van der Waals surface area contributed by atoms with Crippen molar-refractivity contribution in [3.05, 3.63) is 22.4 Å². The zero-order chi connectivity index (χ0) is 7.56. The van der Waals surface area contributed by atoms with Crippen LogP contribution < -0.4 is 0 Å². The van der Waals surface area contributed by atoms with E-state index in [1.165, 1.54) is 18.3 Å². The largest absolute Gasteiger partial charge is 0.385 e. The Morgan fingerprint density at radius 1 is 1.80 bits per heavy atom. The van der Waals surface area contributed by atoms with Crippen molar-refractivity contribution in [1.29, 1.82) is 0 Å². The number of aliphatic hydroxyl groups excluding tert-OH is 1. The van der Waals surface area contributed by atoms with E-state index in [4.69, 9.17) is 5.11 Å². The highest BCUT2D eigenvalue weighted by atomic mass is 32.1. The molecule has 2 nitrogen and oxygen atoms in total. The molecule has 1 unspecified atom stereocenters. The van der Waals surface area contributed by atoms with Gasteiger partial charge in [-0.05, 0) is 18.4 Å². The summed E-state index contributed by atoms with van der Waals surface area (Å²) in [5.41, 5.74) is 0.597. The summed E-state index contributed by atoms with van der Waals surface area (Å²) in [5.74, 6) is -0.207. The summed E-state index contributed by atoms with van der Waals surface area (Å²) in [7, 11) is 0. The third-order valence-electron chi connectivity index (χ3n) is 1.19. The number of carbonyl (C=O) groups is 1. The van der Waals surface area contributed by atoms with E-state index in [2.05, 4.69) is 0 Å². The Labute approximate surface area is 63.1 Å². The molecule has 1 rings (SSSR count). The molecule has 0 bridgehead atoms. The molecule has 10 heavy (non-hydrogen) atoms. The molecule has 3 heteroatoms. The molecular formula is C7H8O2S. The normalized spacial score (nSPS) is 13.0. The van der Waals surface area contributed by atoms with E-state index in [1.807, 2.05) is 5.38 Å². The van der Waals surface area contributed by atoms with Gasteiger partial charge in [-0.2, -0.15) is 11.3 Å². The van der Waals surface area contributed by atoms with Gasteiger partial charge in [-0.1, -0.05) is 0 Å². The maximum absolute atomic E-state index is 11.0. The third kappa shape index (κ3) is 1.43. The van der Waals surface area contributed by atoms with Gasteiger partial charge >= 0.3 is 0 Å². The number of hydrogen-bond donors (Lipinski definition) is 1. The van der Waals surface area contributed by atoms with Crippen LogP contribution in [0, 0.1) is 0 Å². The van der Waals surface area contributed by atoms with Crippen LogP contribution >= 0.6 is 11.3 Å². The van der Waals surface area contributed by atoms with Crippen molar-refractivity contribution in [2.75, 3.05) is 0 Å². The number of hydrogen-bond acceptors (Lipinski definition) is 3. The van der Waals surface area contributed by atoms with Gasteiger partial charge < -0.3 is 5.11 Å². The van der Waals surface area contributed by atoms with Crippen molar-refractivity contribution in [3.63, 3.8) is 0 Å². The molecule has 0 aliphatic rings. The van der Waals surface area contributed by atoms with Gasteiger partial charge in [0.05, 0.1) is 0 Å². The summed E-state index contributed by atoms with van der Waals surface area (Å²) >= 11 is 1.45. The van der Waals surface area contributed by atoms with E-state index in [-0.39, 0.29) is 5.78 Å². The van der Waals surface area contributed by atoms with Crippen LogP contribution in [0.3, 0.4) is 0 Å². The zero-order valence-electron chi connectivity index (χ0n) is 5.57. The van der Waals surface area contributed by atoms with Crippen molar-refractivity contribution in [2.45, 2.75) is 13.0 Å². The van der Waals surface area contributed by atoms with Gasteiger partial charge in [-0.25, -0.2) is 0 Å². The molecule has 0 amide bonds. The maximum Gasteiger partial charge on any atom is 0.191 e. The topological polar surface area (TPSA) is 37.3 Å². The highest BCUT2D eigenvalue weighted by Gasteiger charge is 2.10. The Balaban J connectivity index is 2.78. The number of rotatable bonds is 2. The first-order valence-corrected chi connectivity index (χ1v) is 3.90. The second-order valence-electron chi connectivity index (χ2n) is 2.05. The molecule has 1 N–H and O–H groups in total. The third-order valence-corrected chi connectivity index (χ3v) is 1.87. The molecule has 0 aromatic carbocycles. The molecule has 0 radical (unpaired) electrons. The monoisotopic (exact) mass is 156 g/mol. The standard InChI is InChI=1S/C7H8O2S/c1-5(8)7(9)6-2-3-10-4-6/h2-5,8H,1H3. The van der Waals surface area contributed by atoms with Crippen molar-refractivity contribution in [3.8, 4) is 0 Å². The van der Waals surface area contributed by atoms with Crippen LogP contribution in [0.25, 0.3) is 0 Å². The minimum absolute atomic E-state index is 0.207. The Hall–Kier alpha value is -0.670. The minimum atomic E-state index is -0.880. The first-order chi connectivity index (χ1) is 4.72. The quantitative estimate of drug-likeness (QED) is 0.655. The number of Topliss-reactive ketones (excluding diaryl/α,β-unsaturated/α-hetero) is 1. The van der Waals surface area contributed by atoms with Crippen LogP contribution in [0.4, 0.5) is 0 Å². The highest BCUT2D eigenvalue weighted by molar-refractivity contribution is 7.08. The van der Waals surface area contributed by atoms with E-state index >= 15 is 0 Å². The summed E-state index contributed by atoms with van der Waals surface area (Å²) in [4.78, 5) is 11.0. The van der Waals surface area contributed by atoms with E-state index in [0.29, 0.717) is 5.56 Å². The van der Waals surface area contributed by atoms with E-state index < -0.39 is 6.10 Å². The van der Waals surface area contributed by atoms with E-state index in [1.54, 1.807) is 11.4 Å². The summed E-state index contributed by atoms with van der Waals surface area (Å²) in [6.07, 6.45) is -0.880. The Morgan fingerprint density at radius 3 is 2.90 bits per heavy atom. The average Bonchev–Trinajstić information content (AvgIpc) is 2.36. The molecule has 1 atom stereocenters. The lowest BCUT2D eigenvalue weighted by Gasteiger charge is -1.97. The van der Waals surface area contributed by atoms with Gasteiger partial charge in [0, 0.05) is 10.9 Å². The molecule has 0 aliphatic carbocycles. The number of aliphatic hydroxyl groups is 1. The fraction of sp³-hybridized carbons (Fsp3) is 0.286. The summed E-state index contributed by atoms with van der Waals surface area (Å²) < 4.78 is 0. The van der Waals surface area contributed by atoms with Gasteiger partial charge in [0.1, 0.15) is 6.10 Å². The zero-order valence-corrected chi connectivity index (χ0v) is 6.39. The van der Waals surface area contributed by atoms with Gasteiger partial charge in [0.25, 0.3) is 0 Å². The molecule has 1 aromatic heterocycles. The lowest BCUT2D eigenvalue weighted by molar-refractivity contribution is 0.0780. The number of thiophene rings is 1. The molecular weight excluding hydrogens is 148 g/mol. The smallest absolute Gasteiger partial charge is 0.191 e. The van der Waals surface area contributed by atoms with Crippen LogP contribution in [-0.2, 0) is 0 Å². The highest BCUT2D eigenvalue weighted by Crippen LogP contribution is 2.08. The molecule has 1 aromatic rings. The molecule has 0 saturated carbocycles. The second kappa shape index (κ2) is 2.94. The molecule has 0 fully saturated rings. The summed E-state index contributed by atoms with van der Waals surface area (Å²) in [5, 5.41) is 12.4. The van der Waals surface area contributed by atoms with E-state index in [0.717, 1.165) is 0 Å². The molecule has 0 saturated heterocycles. The Kier molecular flexibility index (Phi) is 2.19. The lowest BCUT2D eigenvalue weighted by Crippen LogP contribution is -2.14. The molecule has 1 heterocycles. The average molecular weight is 156 g/mol. The summed E-state index contributed by atoms with van der Waals surface area (Å²) in [6.45, 7) is 1.47. The molecule has 54 valence electrons. The van der Waals surface area contributed by atoms with Crippen LogP contribution in [-0.4, -0.2) is 17.0 Å². The van der Waals surface area contributed by atoms with Crippen molar-refractivity contribution < 1.29 is 9.90 Å². The van der Waals surface area contributed by atoms with Gasteiger partial charge in [-0.15, -0.1) is 0 Å². The fourth-order valence-electron chi connectivity index (χ4n) is 0.646. The second-order valence-corrected chi connectivity index (χ2v) is 2.83. The van der Waals surface area contributed by atoms with Crippen LogP contribution in [0.5, 0.6) is 0 Å². The Morgan fingerprint density at radius 2 is 2.50 bits per heavy atom. The molecule has 0 spiro atoms. The van der Waals surface area contributed by atoms with Gasteiger partial charge in [0.15, 0.2) is 5.78 Å². The number of carbonyl (C=O) groups excluding carboxylic acids is 1. The van der Waals surface area contributed by atoms with Crippen molar-refractivity contribution in [1.82, 2.24) is 0 Å². The minimum Gasteiger partial charge on any atom is -0.385 e. The fourth-order valence-corrected chi connectivity index (χ4v) is 1.29. The lowest BCUT2D eigenvalue weighted by atomic mass is 10.1. The van der Waals surface area contributed by atoms with Crippen LogP contribution in [0.15, 0.2) is 16.8 Å². The van der Waals surface area contributed by atoms with Crippen LogP contribution in [0.2, 0.25) is 0 Å². The van der Waals surface area contributed by atoms with Gasteiger partial charge in [-0.3, -0.25) is 4.79 Å².